The molecule has 0 spiro atoms. The van der Waals surface area contributed by atoms with Crippen molar-refractivity contribution in [2.75, 3.05) is 5.01 Å². The molecule has 0 aromatic heterocycles. The maximum Gasteiger partial charge on any atom is 0.308 e. The largest absolute Gasteiger partial charge is 0.481 e. The van der Waals surface area contributed by atoms with Crippen molar-refractivity contribution < 1.29 is 14.7 Å². The van der Waals surface area contributed by atoms with Crippen molar-refractivity contribution in [2.24, 2.45) is 5.84 Å². The summed E-state index contributed by atoms with van der Waals surface area (Å²) in [7, 11) is 0. The van der Waals surface area contributed by atoms with E-state index in [1.165, 1.54) is 6.08 Å². The molecule has 0 atom stereocenters. The van der Waals surface area contributed by atoms with Crippen LogP contribution in [0.5, 0.6) is 0 Å². The zero-order chi connectivity index (χ0) is 12.8. The number of nitrogens with two attached hydrogens (primary N) is 1. The van der Waals surface area contributed by atoms with Gasteiger partial charge in [-0.2, -0.15) is 0 Å². The molecule has 1 aromatic rings. The molecule has 0 bridgehead atoms. The summed E-state index contributed by atoms with van der Waals surface area (Å²) in [6.45, 7) is 1.61. The van der Waals surface area contributed by atoms with E-state index < -0.39 is 11.9 Å². The first kappa shape index (κ1) is 12.9. The van der Waals surface area contributed by atoms with Crippen molar-refractivity contribution in [1.82, 2.24) is 0 Å². The third-order valence-electron chi connectivity index (χ3n) is 2.22. The zero-order valence-electron chi connectivity index (χ0n) is 9.46. The Bertz CT molecular complexity index is 440. The molecule has 0 fully saturated rings. The summed E-state index contributed by atoms with van der Waals surface area (Å²) in [6.07, 6.45) is 1.12. The molecule has 5 nitrogen and oxygen atoms in total. The highest BCUT2D eigenvalue weighted by Gasteiger charge is 2.18. The number of carboxylic acid groups (broad SMARTS) is 1. The predicted molar refractivity (Wildman–Crippen MR) is 64.1 cm³/mol. The van der Waals surface area contributed by atoms with E-state index in [1.807, 2.05) is 0 Å². The van der Waals surface area contributed by atoms with Crippen molar-refractivity contribution in [3.05, 3.63) is 42.0 Å². The SMILES string of the molecule is C/C=C(/CC(=O)O)C(=O)N(N)c1ccccc1. The van der Waals surface area contributed by atoms with Crippen molar-refractivity contribution in [2.45, 2.75) is 13.3 Å². The molecule has 5 heteroatoms. The van der Waals surface area contributed by atoms with Gasteiger partial charge in [-0.1, -0.05) is 24.3 Å². The fourth-order valence-electron chi connectivity index (χ4n) is 1.32. The van der Waals surface area contributed by atoms with Gasteiger partial charge in [0.05, 0.1) is 12.1 Å². The lowest BCUT2D eigenvalue weighted by atomic mass is 10.1. The van der Waals surface area contributed by atoms with Gasteiger partial charge in [0.15, 0.2) is 0 Å². The minimum atomic E-state index is -1.06. The molecule has 0 aliphatic carbocycles. The van der Waals surface area contributed by atoms with Crippen LogP contribution in [0.1, 0.15) is 13.3 Å². The van der Waals surface area contributed by atoms with Crippen molar-refractivity contribution in [3.63, 3.8) is 0 Å². The average Bonchev–Trinajstić information content (AvgIpc) is 2.35. The number of carboxylic acids is 1. The molecule has 0 saturated heterocycles. The maximum atomic E-state index is 11.9. The van der Waals surface area contributed by atoms with Crippen LogP contribution in [0.15, 0.2) is 42.0 Å². The summed E-state index contributed by atoms with van der Waals surface area (Å²) in [5.41, 5.74) is 0.672. The first-order chi connectivity index (χ1) is 8.06. The second kappa shape index (κ2) is 5.81. The van der Waals surface area contributed by atoms with Gasteiger partial charge in [-0.15, -0.1) is 0 Å². The first-order valence-electron chi connectivity index (χ1n) is 5.07. The number of rotatable bonds is 4. The van der Waals surface area contributed by atoms with E-state index in [1.54, 1.807) is 37.3 Å². The Labute approximate surface area is 99.1 Å². The molecule has 3 N–H and O–H groups in total. The smallest absolute Gasteiger partial charge is 0.308 e. The average molecular weight is 234 g/mol. The molecule has 0 unspecified atom stereocenters. The molecule has 17 heavy (non-hydrogen) atoms. The number of benzene rings is 1. The second-order valence-corrected chi connectivity index (χ2v) is 3.40. The van der Waals surface area contributed by atoms with Crippen LogP contribution in [0.3, 0.4) is 0 Å². The van der Waals surface area contributed by atoms with E-state index in [9.17, 15) is 9.59 Å². The fraction of sp³-hybridized carbons (Fsp3) is 0.167. The van der Waals surface area contributed by atoms with E-state index in [-0.39, 0.29) is 12.0 Å². The minimum Gasteiger partial charge on any atom is -0.481 e. The number of anilines is 1. The van der Waals surface area contributed by atoms with Crippen molar-refractivity contribution in [1.29, 1.82) is 0 Å². The predicted octanol–water partition coefficient (Wildman–Crippen LogP) is 1.31. The standard InChI is InChI=1S/C12H14N2O3/c1-2-9(8-11(15)16)12(17)14(13)10-6-4-3-5-7-10/h2-7H,8,13H2,1H3,(H,15,16)/b9-2-. The van der Waals surface area contributed by atoms with E-state index in [0.29, 0.717) is 5.69 Å². The highest BCUT2D eigenvalue weighted by atomic mass is 16.4. The third-order valence-corrected chi connectivity index (χ3v) is 2.22. The summed E-state index contributed by atoms with van der Waals surface area (Å²) in [4.78, 5) is 22.5. The quantitative estimate of drug-likeness (QED) is 0.356. The van der Waals surface area contributed by atoms with Crippen LogP contribution in [0, 0.1) is 0 Å². The van der Waals surface area contributed by atoms with Gasteiger partial charge in [0.1, 0.15) is 0 Å². The van der Waals surface area contributed by atoms with Crippen LogP contribution in [0.25, 0.3) is 0 Å². The summed E-state index contributed by atoms with van der Waals surface area (Å²) < 4.78 is 0. The molecular formula is C12H14N2O3. The van der Waals surface area contributed by atoms with Crippen LogP contribution in [0.2, 0.25) is 0 Å². The first-order valence-corrected chi connectivity index (χ1v) is 5.07. The highest BCUT2D eigenvalue weighted by molar-refractivity contribution is 6.06. The van der Waals surface area contributed by atoms with E-state index >= 15 is 0 Å². The van der Waals surface area contributed by atoms with Gasteiger partial charge in [-0.05, 0) is 19.1 Å². The number of para-hydroxylation sites is 1. The third kappa shape index (κ3) is 3.42. The van der Waals surface area contributed by atoms with Crippen molar-refractivity contribution in [3.8, 4) is 0 Å². The summed E-state index contributed by atoms with van der Waals surface area (Å²) in [6, 6.07) is 8.64. The normalized spacial score (nSPS) is 11.1. The Morgan fingerprint density at radius 1 is 1.35 bits per heavy atom. The second-order valence-electron chi connectivity index (χ2n) is 3.40. The van der Waals surface area contributed by atoms with Crippen molar-refractivity contribution >= 4 is 17.6 Å². The number of hydrogen-bond donors (Lipinski definition) is 2. The monoisotopic (exact) mass is 234 g/mol. The zero-order valence-corrected chi connectivity index (χ0v) is 9.46. The van der Waals surface area contributed by atoms with Gasteiger partial charge in [0.25, 0.3) is 5.91 Å². The highest BCUT2D eigenvalue weighted by Crippen LogP contribution is 2.13. The molecule has 0 saturated carbocycles. The lowest BCUT2D eigenvalue weighted by molar-refractivity contribution is -0.137. The number of carbonyl (C=O) groups excluding carboxylic acids is 1. The Morgan fingerprint density at radius 3 is 2.41 bits per heavy atom. The van der Waals surface area contributed by atoms with Gasteiger partial charge in [-0.25, -0.2) is 10.9 Å². The van der Waals surface area contributed by atoms with E-state index in [4.69, 9.17) is 10.9 Å². The van der Waals surface area contributed by atoms with Crippen LogP contribution in [0.4, 0.5) is 5.69 Å². The number of allylic oxidation sites excluding steroid dienone is 1. The summed E-state index contributed by atoms with van der Waals surface area (Å²) in [5, 5.41) is 9.61. The Kier molecular flexibility index (Phi) is 4.42. The number of amides is 1. The van der Waals surface area contributed by atoms with Gasteiger partial charge >= 0.3 is 5.97 Å². The molecule has 1 amide bonds. The molecule has 0 aliphatic rings. The number of hydrazine groups is 1. The van der Waals surface area contributed by atoms with Crippen LogP contribution in [-0.2, 0) is 9.59 Å². The maximum absolute atomic E-state index is 11.9. The van der Waals surface area contributed by atoms with Crippen LogP contribution < -0.4 is 10.9 Å². The molecule has 90 valence electrons. The molecular weight excluding hydrogens is 220 g/mol. The van der Waals surface area contributed by atoms with Crippen LogP contribution in [-0.4, -0.2) is 17.0 Å². The summed E-state index contributed by atoms with van der Waals surface area (Å²) in [5.74, 6) is 4.07. The lowest BCUT2D eigenvalue weighted by Crippen LogP contribution is -2.38. The fourth-order valence-corrected chi connectivity index (χ4v) is 1.32. The molecule has 0 heterocycles. The van der Waals surface area contributed by atoms with Gasteiger partial charge in [0, 0.05) is 5.57 Å². The topological polar surface area (TPSA) is 83.6 Å². The van der Waals surface area contributed by atoms with Gasteiger partial charge in [0.2, 0.25) is 0 Å². The Morgan fingerprint density at radius 2 is 1.94 bits per heavy atom. The molecule has 1 aromatic carbocycles. The molecule has 0 radical (unpaired) electrons. The van der Waals surface area contributed by atoms with Crippen LogP contribution >= 0.6 is 0 Å². The lowest BCUT2D eigenvalue weighted by Gasteiger charge is -2.17. The number of nitrogens with zero attached hydrogens (tertiary/aromatic N) is 1. The Hall–Kier alpha value is -2.14. The number of hydrogen-bond acceptors (Lipinski definition) is 3. The Balaban J connectivity index is 2.86. The summed E-state index contributed by atoms with van der Waals surface area (Å²) >= 11 is 0. The molecule has 1 rings (SSSR count). The minimum absolute atomic E-state index is 0.156. The van der Waals surface area contributed by atoms with Gasteiger partial charge < -0.3 is 5.11 Å². The number of aliphatic carboxylic acids is 1. The number of carbonyl (C=O) groups is 2. The van der Waals surface area contributed by atoms with E-state index in [2.05, 4.69) is 0 Å². The van der Waals surface area contributed by atoms with Gasteiger partial charge in [-0.3, -0.25) is 9.59 Å². The molecule has 0 aliphatic heterocycles. The van der Waals surface area contributed by atoms with E-state index in [0.717, 1.165) is 5.01 Å².